The first-order chi connectivity index (χ1) is 9.54. The fourth-order valence-electron chi connectivity index (χ4n) is 2.82. The maximum Gasteiger partial charge on any atom is 0.325 e. The molecule has 0 bridgehead atoms. The van der Waals surface area contributed by atoms with Crippen LogP contribution in [-0.4, -0.2) is 65.9 Å². The molecule has 2 aliphatic heterocycles. The van der Waals surface area contributed by atoms with Crippen molar-refractivity contribution < 1.29 is 14.4 Å². The van der Waals surface area contributed by atoms with Gasteiger partial charge in [-0.3, -0.25) is 14.5 Å². The van der Waals surface area contributed by atoms with E-state index in [1.54, 1.807) is 4.90 Å². The number of carbonyl (C=O) groups is 3. The topological polar surface area (TPSA) is 81.8 Å². The van der Waals surface area contributed by atoms with Crippen LogP contribution in [0, 0.1) is 0 Å². The standard InChI is InChI=1S/C13H22N4O3/c1-3-16(4-2)10(18)9-17-11(19)13(15-12(17)20)5-7-14-8-6-13/h14H,3-9H2,1-2H3,(H,15,20). The van der Waals surface area contributed by atoms with Crippen LogP contribution in [0.2, 0.25) is 0 Å². The Balaban J connectivity index is 2.07. The lowest BCUT2D eigenvalue weighted by Gasteiger charge is -2.31. The van der Waals surface area contributed by atoms with E-state index < -0.39 is 11.6 Å². The quantitative estimate of drug-likeness (QED) is 0.683. The van der Waals surface area contributed by atoms with E-state index in [2.05, 4.69) is 10.6 Å². The maximum absolute atomic E-state index is 12.5. The summed E-state index contributed by atoms with van der Waals surface area (Å²) in [7, 11) is 0. The Morgan fingerprint density at radius 1 is 1.25 bits per heavy atom. The first-order valence-corrected chi connectivity index (χ1v) is 7.16. The lowest BCUT2D eigenvalue weighted by Crippen LogP contribution is -2.54. The normalized spacial score (nSPS) is 21.2. The molecule has 2 aliphatic rings. The summed E-state index contributed by atoms with van der Waals surface area (Å²) in [6, 6.07) is -0.447. The molecule has 2 N–H and O–H groups in total. The van der Waals surface area contributed by atoms with Crippen molar-refractivity contribution in [3.63, 3.8) is 0 Å². The number of amides is 4. The average Bonchev–Trinajstić information content (AvgIpc) is 2.66. The van der Waals surface area contributed by atoms with Crippen molar-refractivity contribution in [2.75, 3.05) is 32.7 Å². The molecule has 2 fully saturated rings. The molecule has 7 nitrogen and oxygen atoms in total. The van der Waals surface area contributed by atoms with E-state index in [4.69, 9.17) is 0 Å². The van der Waals surface area contributed by atoms with E-state index in [0.29, 0.717) is 39.0 Å². The molecule has 0 aromatic heterocycles. The lowest BCUT2D eigenvalue weighted by atomic mass is 9.88. The number of nitrogens with zero attached hydrogens (tertiary/aromatic N) is 2. The smallest absolute Gasteiger partial charge is 0.325 e. The Bertz CT molecular complexity index is 414. The van der Waals surface area contributed by atoms with Gasteiger partial charge in [0.2, 0.25) is 5.91 Å². The van der Waals surface area contributed by atoms with Gasteiger partial charge in [-0.25, -0.2) is 4.79 Å². The van der Waals surface area contributed by atoms with Crippen LogP contribution in [-0.2, 0) is 9.59 Å². The van der Waals surface area contributed by atoms with E-state index in [1.165, 1.54) is 0 Å². The number of piperidine rings is 1. The minimum absolute atomic E-state index is 0.165. The minimum Gasteiger partial charge on any atom is -0.342 e. The van der Waals surface area contributed by atoms with E-state index in [9.17, 15) is 14.4 Å². The number of nitrogens with one attached hydrogen (secondary N) is 2. The van der Waals surface area contributed by atoms with Crippen LogP contribution in [0.3, 0.4) is 0 Å². The van der Waals surface area contributed by atoms with Crippen molar-refractivity contribution in [2.45, 2.75) is 32.2 Å². The van der Waals surface area contributed by atoms with Crippen molar-refractivity contribution in [1.82, 2.24) is 20.4 Å². The number of likely N-dealkylation sites (N-methyl/N-ethyl adjacent to an activating group) is 1. The molecule has 0 unspecified atom stereocenters. The van der Waals surface area contributed by atoms with Crippen molar-refractivity contribution in [2.24, 2.45) is 0 Å². The largest absolute Gasteiger partial charge is 0.342 e. The fourth-order valence-corrected chi connectivity index (χ4v) is 2.82. The fraction of sp³-hybridized carbons (Fsp3) is 0.769. The Morgan fingerprint density at radius 3 is 2.40 bits per heavy atom. The average molecular weight is 282 g/mol. The molecule has 4 amide bonds. The highest BCUT2D eigenvalue weighted by Crippen LogP contribution is 2.26. The molecule has 0 radical (unpaired) electrons. The number of urea groups is 1. The molecular formula is C13H22N4O3. The zero-order valence-electron chi connectivity index (χ0n) is 12.1. The third-order valence-corrected chi connectivity index (χ3v) is 4.11. The lowest BCUT2D eigenvalue weighted by molar-refractivity contribution is -0.139. The summed E-state index contributed by atoms with van der Waals surface area (Å²) in [6.45, 7) is 6.14. The highest BCUT2D eigenvalue weighted by molar-refractivity contribution is 6.09. The molecule has 0 aromatic carbocycles. The van der Waals surface area contributed by atoms with Gasteiger partial charge in [0.15, 0.2) is 0 Å². The Kier molecular flexibility index (Phi) is 4.27. The molecule has 20 heavy (non-hydrogen) atoms. The number of rotatable bonds is 4. The van der Waals surface area contributed by atoms with E-state index >= 15 is 0 Å². The number of hydrogen-bond donors (Lipinski definition) is 2. The highest BCUT2D eigenvalue weighted by atomic mass is 16.2. The van der Waals surface area contributed by atoms with Gasteiger partial charge in [0, 0.05) is 13.1 Å². The molecule has 2 rings (SSSR count). The Labute approximate surface area is 118 Å². The van der Waals surface area contributed by atoms with Crippen molar-refractivity contribution in [3.8, 4) is 0 Å². The summed E-state index contributed by atoms with van der Waals surface area (Å²) in [6.07, 6.45) is 1.15. The number of hydrogen-bond acceptors (Lipinski definition) is 4. The zero-order chi connectivity index (χ0) is 14.8. The van der Waals surface area contributed by atoms with Gasteiger partial charge in [-0.1, -0.05) is 0 Å². The Hall–Kier alpha value is -1.63. The molecule has 2 saturated heterocycles. The van der Waals surface area contributed by atoms with Gasteiger partial charge in [0.25, 0.3) is 5.91 Å². The molecule has 0 aromatic rings. The summed E-state index contributed by atoms with van der Waals surface area (Å²) in [5, 5.41) is 5.94. The van der Waals surface area contributed by atoms with Crippen LogP contribution >= 0.6 is 0 Å². The maximum atomic E-state index is 12.5. The van der Waals surface area contributed by atoms with Crippen LogP contribution in [0.5, 0.6) is 0 Å². The summed E-state index contributed by atoms with van der Waals surface area (Å²) in [5.74, 6) is -0.450. The van der Waals surface area contributed by atoms with Gasteiger partial charge >= 0.3 is 6.03 Å². The third kappa shape index (κ3) is 2.49. The Morgan fingerprint density at radius 2 is 1.85 bits per heavy atom. The van der Waals surface area contributed by atoms with Gasteiger partial charge in [-0.15, -0.1) is 0 Å². The first kappa shape index (κ1) is 14.8. The summed E-state index contributed by atoms with van der Waals surface area (Å²) in [4.78, 5) is 39.2. The zero-order valence-corrected chi connectivity index (χ0v) is 12.1. The summed E-state index contributed by atoms with van der Waals surface area (Å²) >= 11 is 0. The summed E-state index contributed by atoms with van der Waals surface area (Å²) in [5.41, 5.74) is -0.800. The predicted molar refractivity (Wildman–Crippen MR) is 73.0 cm³/mol. The van der Waals surface area contributed by atoms with Crippen molar-refractivity contribution in [3.05, 3.63) is 0 Å². The van der Waals surface area contributed by atoms with Crippen LogP contribution < -0.4 is 10.6 Å². The van der Waals surface area contributed by atoms with Gasteiger partial charge in [0.1, 0.15) is 12.1 Å². The minimum atomic E-state index is -0.800. The van der Waals surface area contributed by atoms with E-state index in [1.807, 2.05) is 13.8 Å². The first-order valence-electron chi connectivity index (χ1n) is 7.16. The van der Waals surface area contributed by atoms with E-state index in [0.717, 1.165) is 4.90 Å². The molecule has 7 heteroatoms. The number of imide groups is 1. The van der Waals surface area contributed by atoms with Gasteiger partial charge in [-0.05, 0) is 39.8 Å². The van der Waals surface area contributed by atoms with Crippen LogP contribution in [0.25, 0.3) is 0 Å². The van der Waals surface area contributed by atoms with Crippen molar-refractivity contribution >= 4 is 17.8 Å². The van der Waals surface area contributed by atoms with Gasteiger partial charge in [-0.2, -0.15) is 0 Å². The predicted octanol–water partition coefficient (Wildman–Crippen LogP) is -0.471. The second-order valence-electron chi connectivity index (χ2n) is 5.22. The molecular weight excluding hydrogens is 260 g/mol. The van der Waals surface area contributed by atoms with Crippen LogP contribution in [0.4, 0.5) is 4.79 Å². The van der Waals surface area contributed by atoms with Gasteiger partial charge in [0.05, 0.1) is 0 Å². The second kappa shape index (κ2) is 5.78. The molecule has 0 aliphatic carbocycles. The second-order valence-corrected chi connectivity index (χ2v) is 5.22. The van der Waals surface area contributed by atoms with Crippen LogP contribution in [0.1, 0.15) is 26.7 Å². The molecule has 1 spiro atoms. The molecule has 0 saturated carbocycles. The monoisotopic (exact) mass is 282 g/mol. The van der Waals surface area contributed by atoms with Gasteiger partial charge < -0.3 is 15.5 Å². The molecule has 0 atom stereocenters. The SMILES string of the molecule is CCN(CC)C(=O)CN1C(=O)NC2(CCNCC2)C1=O. The molecule has 2 heterocycles. The highest BCUT2D eigenvalue weighted by Gasteiger charge is 2.51. The molecule has 112 valence electrons. The number of carbonyl (C=O) groups excluding carboxylic acids is 3. The van der Waals surface area contributed by atoms with Crippen LogP contribution in [0.15, 0.2) is 0 Å². The van der Waals surface area contributed by atoms with Crippen molar-refractivity contribution in [1.29, 1.82) is 0 Å². The third-order valence-electron chi connectivity index (χ3n) is 4.11. The van der Waals surface area contributed by atoms with E-state index in [-0.39, 0.29) is 18.4 Å². The summed E-state index contributed by atoms with van der Waals surface area (Å²) < 4.78 is 0.